The average molecular weight is 483 g/mol. The van der Waals surface area contributed by atoms with E-state index in [1.165, 1.54) is 42.5 Å². The molecule has 162 valence electrons. The third-order valence-corrected chi connectivity index (χ3v) is 6.00. The number of nitrogens with one attached hydrogen (secondary N) is 2. The topological polar surface area (TPSA) is 84.5 Å². The van der Waals surface area contributed by atoms with Crippen LogP contribution >= 0.6 is 23.2 Å². The summed E-state index contributed by atoms with van der Waals surface area (Å²) in [5.74, 6) is -0.618. The maximum atomic E-state index is 12.9. The van der Waals surface area contributed by atoms with Crippen LogP contribution in [0.4, 0.5) is 10.1 Å². The lowest BCUT2D eigenvalue weighted by atomic mass is 10.2. The molecule has 10 heteroatoms. The molecule has 0 radical (unpaired) electrons. The van der Waals surface area contributed by atoms with Crippen LogP contribution in [0.3, 0.4) is 0 Å². The van der Waals surface area contributed by atoms with E-state index in [9.17, 15) is 17.6 Å². The largest absolute Gasteiger partial charge is 0.482 e. The van der Waals surface area contributed by atoms with E-state index in [0.29, 0.717) is 10.7 Å². The van der Waals surface area contributed by atoms with Crippen LogP contribution in [-0.4, -0.2) is 20.9 Å². The summed E-state index contributed by atoms with van der Waals surface area (Å²) in [6.07, 6.45) is 0. The lowest BCUT2D eigenvalue weighted by molar-refractivity contribution is -0.123. The van der Waals surface area contributed by atoms with Crippen molar-refractivity contribution in [3.63, 3.8) is 0 Å². The Hall–Kier alpha value is -2.81. The molecule has 0 saturated carbocycles. The first kappa shape index (κ1) is 22.9. The van der Waals surface area contributed by atoms with Gasteiger partial charge in [-0.1, -0.05) is 35.3 Å². The third-order valence-electron chi connectivity index (χ3n) is 4.07. The molecule has 0 spiro atoms. The quantitative estimate of drug-likeness (QED) is 0.490. The molecule has 1 amide bonds. The number of sulfonamides is 1. The van der Waals surface area contributed by atoms with Crippen LogP contribution in [0, 0.1) is 5.82 Å². The molecule has 6 nitrogen and oxygen atoms in total. The summed E-state index contributed by atoms with van der Waals surface area (Å²) in [6.45, 7) is -0.111. The predicted molar refractivity (Wildman–Crippen MR) is 117 cm³/mol. The summed E-state index contributed by atoms with van der Waals surface area (Å²) < 4.78 is 45.7. The summed E-state index contributed by atoms with van der Waals surface area (Å²) in [7, 11) is -3.88. The van der Waals surface area contributed by atoms with E-state index in [-0.39, 0.29) is 34.6 Å². The van der Waals surface area contributed by atoms with Crippen molar-refractivity contribution in [3.05, 3.63) is 88.2 Å². The molecule has 2 N–H and O–H groups in total. The maximum Gasteiger partial charge on any atom is 0.261 e. The first-order chi connectivity index (χ1) is 14.7. The Balaban J connectivity index is 1.57. The van der Waals surface area contributed by atoms with Gasteiger partial charge in [0, 0.05) is 17.3 Å². The van der Waals surface area contributed by atoms with Gasteiger partial charge in [-0.25, -0.2) is 12.8 Å². The number of carbonyl (C=O) groups excluding carboxylic acids is 1. The zero-order valence-corrected chi connectivity index (χ0v) is 18.3. The number of hydrogen-bond acceptors (Lipinski definition) is 4. The van der Waals surface area contributed by atoms with Gasteiger partial charge in [0.05, 0.1) is 9.92 Å². The molecule has 0 bridgehead atoms. The lowest BCUT2D eigenvalue weighted by Gasteiger charge is -2.12. The van der Waals surface area contributed by atoms with Gasteiger partial charge in [0.2, 0.25) is 0 Å². The van der Waals surface area contributed by atoms with Gasteiger partial charge in [-0.05, 0) is 60.2 Å². The van der Waals surface area contributed by atoms with Crippen LogP contribution in [0.5, 0.6) is 5.75 Å². The maximum absolute atomic E-state index is 12.9. The summed E-state index contributed by atoms with van der Waals surface area (Å²) >= 11 is 11.9. The fourth-order valence-corrected chi connectivity index (χ4v) is 4.01. The standard InChI is InChI=1S/C21H17Cl2FN2O4S/c22-15-3-7-17(8-4-15)26-31(28,29)18-9-10-20(19(23)11-18)30-13-21(27)25-12-14-1-5-16(24)6-2-14/h1-11,26H,12-13H2,(H,25,27). The van der Waals surface area contributed by atoms with Crippen molar-refractivity contribution in [2.24, 2.45) is 0 Å². The predicted octanol–water partition coefficient (Wildman–Crippen LogP) is 4.63. The molecule has 0 aliphatic heterocycles. The second-order valence-electron chi connectivity index (χ2n) is 6.40. The first-order valence-electron chi connectivity index (χ1n) is 8.95. The highest BCUT2D eigenvalue weighted by Gasteiger charge is 2.17. The van der Waals surface area contributed by atoms with Crippen molar-refractivity contribution in [1.29, 1.82) is 0 Å². The lowest BCUT2D eigenvalue weighted by Crippen LogP contribution is -2.28. The Morgan fingerprint density at radius 2 is 1.65 bits per heavy atom. The van der Waals surface area contributed by atoms with Gasteiger partial charge >= 0.3 is 0 Å². The van der Waals surface area contributed by atoms with E-state index in [1.807, 2.05) is 0 Å². The van der Waals surface area contributed by atoms with Gasteiger partial charge in [-0.2, -0.15) is 0 Å². The molecule has 0 fully saturated rings. The number of carbonyl (C=O) groups is 1. The molecule has 0 aliphatic rings. The Labute approximate surface area is 189 Å². The number of amides is 1. The molecular formula is C21H17Cl2FN2O4S. The van der Waals surface area contributed by atoms with Gasteiger partial charge in [-0.15, -0.1) is 0 Å². The van der Waals surface area contributed by atoms with Crippen LogP contribution in [-0.2, 0) is 21.4 Å². The number of halogens is 3. The van der Waals surface area contributed by atoms with Crippen LogP contribution < -0.4 is 14.8 Å². The Bertz CT molecular complexity index is 1170. The second-order valence-corrected chi connectivity index (χ2v) is 8.92. The van der Waals surface area contributed by atoms with Gasteiger partial charge in [0.15, 0.2) is 6.61 Å². The van der Waals surface area contributed by atoms with Crippen molar-refractivity contribution >= 4 is 44.8 Å². The molecule has 0 saturated heterocycles. The van der Waals surface area contributed by atoms with Gasteiger partial charge in [0.1, 0.15) is 11.6 Å². The number of anilines is 1. The zero-order valence-electron chi connectivity index (χ0n) is 15.9. The minimum atomic E-state index is -3.88. The summed E-state index contributed by atoms with van der Waals surface area (Å²) in [5.41, 5.74) is 1.08. The van der Waals surface area contributed by atoms with E-state index in [1.54, 1.807) is 24.3 Å². The van der Waals surface area contributed by atoms with E-state index < -0.39 is 15.9 Å². The third kappa shape index (κ3) is 6.58. The van der Waals surface area contributed by atoms with E-state index in [0.717, 1.165) is 5.56 Å². The van der Waals surface area contributed by atoms with Gasteiger partial charge in [-0.3, -0.25) is 9.52 Å². The van der Waals surface area contributed by atoms with Crippen LogP contribution in [0.15, 0.2) is 71.6 Å². The average Bonchev–Trinajstić information content (AvgIpc) is 2.74. The van der Waals surface area contributed by atoms with Gasteiger partial charge in [0.25, 0.3) is 15.9 Å². The molecule has 0 aliphatic carbocycles. The minimum Gasteiger partial charge on any atom is -0.482 e. The van der Waals surface area contributed by atoms with E-state index in [2.05, 4.69) is 10.0 Å². The van der Waals surface area contributed by atoms with E-state index >= 15 is 0 Å². The molecule has 0 aromatic heterocycles. The molecule has 0 heterocycles. The molecule has 0 unspecified atom stereocenters. The fraction of sp³-hybridized carbons (Fsp3) is 0.0952. The van der Waals surface area contributed by atoms with Crippen molar-refractivity contribution in [1.82, 2.24) is 5.32 Å². The Morgan fingerprint density at radius 1 is 0.968 bits per heavy atom. The van der Waals surface area contributed by atoms with Crippen LogP contribution in [0.1, 0.15) is 5.56 Å². The second kappa shape index (κ2) is 10.00. The highest BCUT2D eigenvalue weighted by Crippen LogP contribution is 2.28. The molecule has 0 atom stereocenters. The Kier molecular flexibility index (Phi) is 7.37. The number of rotatable bonds is 8. The molecule has 31 heavy (non-hydrogen) atoms. The zero-order chi connectivity index (χ0) is 22.4. The number of ether oxygens (including phenoxy) is 1. The molecule has 3 rings (SSSR count). The smallest absolute Gasteiger partial charge is 0.261 e. The van der Waals surface area contributed by atoms with Crippen molar-refractivity contribution in [3.8, 4) is 5.75 Å². The Morgan fingerprint density at radius 3 is 2.29 bits per heavy atom. The van der Waals surface area contributed by atoms with E-state index in [4.69, 9.17) is 27.9 Å². The summed E-state index contributed by atoms with van der Waals surface area (Å²) in [6, 6.07) is 15.8. The number of benzene rings is 3. The highest BCUT2D eigenvalue weighted by atomic mass is 35.5. The highest BCUT2D eigenvalue weighted by molar-refractivity contribution is 7.92. The molecule has 3 aromatic rings. The summed E-state index contributed by atoms with van der Waals surface area (Å²) in [4.78, 5) is 11.9. The summed E-state index contributed by atoms with van der Waals surface area (Å²) in [5, 5.41) is 3.14. The monoisotopic (exact) mass is 482 g/mol. The van der Waals surface area contributed by atoms with Crippen molar-refractivity contribution < 1.29 is 22.3 Å². The number of hydrogen-bond donors (Lipinski definition) is 2. The van der Waals surface area contributed by atoms with Gasteiger partial charge < -0.3 is 10.1 Å². The molecular weight excluding hydrogens is 466 g/mol. The normalized spacial score (nSPS) is 11.1. The van der Waals surface area contributed by atoms with Crippen LogP contribution in [0.25, 0.3) is 0 Å². The first-order valence-corrected chi connectivity index (χ1v) is 11.2. The minimum absolute atomic E-state index is 0.0327. The molecule has 3 aromatic carbocycles. The SMILES string of the molecule is O=C(COc1ccc(S(=O)(=O)Nc2ccc(Cl)cc2)cc1Cl)NCc1ccc(F)cc1. The fourth-order valence-electron chi connectivity index (χ4n) is 2.50. The van der Waals surface area contributed by atoms with Crippen molar-refractivity contribution in [2.75, 3.05) is 11.3 Å². The van der Waals surface area contributed by atoms with Crippen molar-refractivity contribution in [2.45, 2.75) is 11.4 Å². The van der Waals surface area contributed by atoms with Crippen LogP contribution in [0.2, 0.25) is 10.0 Å².